The lowest BCUT2D eigenvalue weighted by Crippen LogP contribution is -2.51. The molecule has 27 heavy (non-hydrogen) atoms. The van der Waals surface area contributed by atoms with Crippen LogP contribution in [0.2, 0.25) is 0 Å². The summed E-state index contributed by atoms with van der Waals surface area (Å²) in [6.07, 6.45) is 0.470. The number of hydroxylamine groups is 1. The van der Waals surface area contributed by atoms with Crippen LogP contribution in [0.1, 0.15) is 28.5 Å². The highest BCUT2D eigenvalue weighted by molar-refractivity contribution is 5.97. The maximum atomic E-state index is 12.2. The van der Waals surface area contributed by atoms with Crippen LogP contribution in [0.15, 0.2) is 36.5 Å². The zero-order valence-corrected chi connectivity index (χ0v) is 14.7. The smallest absolute Gasteiger partial charge is 0.268 e. The van der Waals surface area contributed by atoms with Gasteiger partial charge in [-0.15, -0.1) is 0 Å². The van der Waals surface area contributed by atoms with Crippen molar-refractivity contribution in [2.24, 2.45) is 7.05 Å². The number of aliphatic hydroxyl groups is 1. The van der Waals surface area contributed by atoms with Crippen molar-refractivity contribution >= 4 is 11.8 Å². The van der Waals surface area contributed by atoms with E-state index in [0.29, 0.717) is 5.56 Å². The Kier molecular flexibility index (Phi) is 6.73. The summed E-state index contributed by atoms with van der Waals surface area (Å²) in [6.45, 7) is 1.32. The maximum absolute atomic E-state index is 12.2. The van der Waals surface area contributed by atoms with Gasteiger partial charge in [0.1, 0.15) is 11.7 Å². The van der Waals surface area contributed by atoms with Crippen LogP contribution in [0.4, 0.5) is 0 Å². The highest BCUT2D eigenvalue weighted by atomic mass is 16.5. The third kappa shape index (κ3) is 5.44. The number of hydrogen-bond acceptors (Lipinski definition) is 5. The normalized spacial score (nSPS) is 11.9. The van der Waals surface area contributed by atoms with Gasteiger partial charge in [-0.1, -0.05) is 5.92 Å². The Hall–Kier alpha value is -3.59. The molecule has 0 unspecified atom stereocenters. The summed E-state index contributed by atoms with van der Waals surface area (Å²) >= 11 is 0. The lowest BCUT2D eigenvalue weighted by Gasteiger charge is -2.19. The molecule has 8 heteroatoms. The molecule has 2 atom stereocenters. The third-order valence-corrected chi connectivity index (χ3v) is 3.59. The van der Waals surface area contributed by atoms with E-state index in [2.05, 4.69) is 34.1 Å². The quantitative estimate of drug-likeness (QED) is 0.340. The van der Waals surface area contributed by atoms with Crippen LogP contribution in [-0.2, 0) is 11.8 Å². The van der Waals surface area contributed by atoms with Gasteiger partial charge in [-0.05, 0) is 55.0 Å². The number of aliphatic hydroxyl groups excluding tert-OH is 1. The van der Waals surface area contributed by atoms with Gasteiger partial charge in [0.05, 0.1) is 12.3 Å². The summed E-state index contributed by atoms with van der Waals surface area (Å²) in [5, 5.41) is 24.5. The van der Waals surface area contributed by atoms with E-state index in [9.17, 15) is 14.7 Å². The lowest BCUT2D eigenvalue weighted by molar-refractivity contribution is -0.133. The molecule has 0 bridgehead atoms. The average Bonchev–Trinajstić information content (AvgIpc) is 3.07. The van der Waals surface area contributed by atoms with E-state index in [1.165, 1.54) is 24.5 Å². The third-order valence-electron chi connectivity index (χ3n) is 3.59. The van der Waals surface area contributed by atoms with Crippen molar-refractivity contribution in [2.45, 2.75) is 19.1 Å². The van der Waals surface area contributed by atoms with E-state index >= 15 is 0 Å². The minimum Gasteiger partial charge on any atom is -0.391 e. The Morgan fingerprint density at radius 3 is 2.37 bits per heavy atom. The van der Waals surface area contributed by atoms with Gasteiger partial charge in [0.25, 0.3) is 11.8 Å². The summed E-state index contributed by atoms with van der Waals surface area (Å²) in [7, 11) is 1.79. The molecule has 0 saturated carbocycles. The number of aromatic nitrogens is 2. The zero-order valence-electron chi connectivity index (χ0n) is 14.7. The minimum atomic E-state index is -1.27. The summed E-state index contributed by atoms with van der Waals surface area (Å²) in [5.74, 6) is 9.69. The van der Waals surface area contributed by atoms with E-state index in [0.717, 1.165) is 5.69 Å². The van der Waals surface area contributed by atoms with Crippen LogP contribution >= 0.6 is 0 Å². The topological polar surface area (TPSA) is 116 Å². The molecule has 1 heterocycles. The Morgan fingerprint density at radius 1 is 1.15 bits per heavy atom. The molecule has 0 fully saturated rings. The van der Waals surface area contributed by atoms with Crippen molar-refractivity contribution in [2.75, 3.05) is 0 Å². The number of carbonyl (C=O) groups excluding carboxylic acids is 2. The summed E-state index contributed by atoms with van der Waals surface area (Å²) < 4.78 is 1.64. The molecule has 0 spiro atoms. The largest absolute Gasteiger partial charge is 0.391 e. The highest BCUT2D eigenvalue weighted by Gasteiger charge is 2.25. The van der Waals surface area contributed by atoms with Crippen molar-refractivity contribution in [3.8, 4) is 23.7 Å². The van der Waals surface area contributed by atoms with Crippen LogP contribution in [0.3, 0.4) is 0 Å². The van der Waals surface area contributed by atoms with Crippen LogP contribution in [0.25, 0.3) is 0 Å². The molecule has 2 rings (SSSR count). The molecule has 138 valence electrons. The predicted molar refractivity (Wildman–Crippen MR) is 96.3 cm³/mol. The molecule has 4 N–H and O–H groups in total. The van der Waals surface area contributed by atoms with Crippen molar-refractivity contribution < 1.29 is 19.9 Å². The Labute approximate surface area is 156 Å². The molecule has 2 aromatic rings. The molecule has 2 amide bonds. The van der Waals surface area contributed by atoms with Gasteiger partial charge in [-0.3, -0.25) is 19.5 Å². The number of rotatable bonds is 4. The summed E-state index contributed by atoms with van der Waals surface area (Å²) in [4.78, 5) is 23.6. The molecule has 0 aliphatic rings. The van der Waals surface area contributed by atoms with Crippen molar-refractivity contribution in [1.29, 1.82) is 0 Å². The van der Waals surface area contributed by atoms with Crippen molar-refractivity contribution in [3.05, 3.63) is 53.3 Å². The lowest BCUT2D eigenvalue weighted by atomic mass is 10.1. The fourth-order valence-electron chi connectivity index (χ4n) is 2.10. The summed E-state index contributed by atoms with van der Waals surface area (Å²) in [6, 6.07) is 6.84. The Bertz CT molecular complexity index is 940. The average molecular weight is 366 g/mol. The van der Waals surface area contributed by atoms with E-state index < -0.39 is 24.0 Å². The SMILES string of the molecule is C[C@@H](O)[C@H](NC(=O)c1ccc(C#CC#Cc2ccnn2C)cc1)C(=O)NO. The van der Waals surface area contributed by atoms with Gasteiger partial charge in [-0.2, -0.15) is 5.10 Å². The van der Waals surface area contributed by atoms with Gasteiger partial charge < -0.3 is 10.4 Å². The molecule has 0 saturated heterocycles. The maximum Gasteiger partial charge on any atom is 0.268 e. The molecule has 0 aliphatic carbocycles. The number of nitrogens with zero attached hydrogens (tertiary/aromatic N) is 2. The second-order valence-electron chi connectivity index (χ2n) is 5.59. The second-order valence-corrected chi connectivity index (χ2v) is 5.59. The van der Waals surface area contributed by atoms with Crippen molar-refractivity contribution in [3.63, 3.8) is 0 Å². The first kappa shape index (κ1) is 19.7. The van der Waals surface area contributed by atoms with Gasteiger partial charge in [-0.25, -0.2) is 5.48 Å². The molecule has 0 radical (unpaired) electrons. The van der Waals surface area contributed by atoms with Gasteiger partial charge >= 0.3 is 0 Å². The van der Waals surface area contributed by atoms with Gasteiger partial charge in [0.2, 0.25) is 0 Å². The zero-order chi connectivity index (χ0) is 19.8. The molecular formula is C19H18N4O4. The predicted octanol–water partition coefficient (Wildman–Crippen LogP) is -0.192. The molecule has 1 aromatic carbocycles. The summed E-state index contributed by atoms with van der Waals surface area (Å²) in [5.41, 5.74) is 3.08. The number of hydrogen-bond donors (Lipinski definition) is 4. The van der Waals surface area contributed by atoms with Gasteiger partial charge in [0, 0.05) is 18.2 Å². The van der Waals surface area contributed by atoms with E-state index in [-0.39, 0.29) is 5.56 Å². The van der Waals surface area contributed by atoms with Crippen LogP contribution in [0.5, 0.6) is 0 Å². The van der Waals surface area contributed by atoms with E-state index in [1.54, 1.807) is 36.1 Å². The first-order chi connectivity index (χ1) is 12.9. The van der Waals surface area contributed by atoms with E-state index in [4.69, 9.17) is 5.21 Å². The number of aryl methyl sites for hydroxylation is 1. The monoisotopic (exact) mass is 366 g/mol. The molecule has 1 aromatic heterocycles. The second kappa shape index (κ2) is 9.20. The number of benzene rings is 1. The Morgan fingerprint density at radius 2 is 1.81 bits per heavy atom. The fraction of sp³-hybridized carbons (Fsp3) is 0.211. The Balaban J connectivity index is 2.04. The number of carbonyl (C=O) groups is 2. The van der Waals surface area contributed by atoms with Crippen LogP contribution < -0.4 is 10.8 Å². The molecular weight excluding hydrogens is 348 g/mol. The number of nitrogens with one attached hydrogen (secondary N) is 2. The minimum absolute atomic E-state index is 0.276. The highest BCUT2D eigenvalue weighted by Crippen LogP contribution is 2.05. The molecule has 8 nitrogen and oxygen atoms in total. The van der Waals surface area contributed by atoms with Gasteiger partial charge in [0.15, 0.2) is 0 Å². The van der Waals surface area contributed by atoms with Crippen LogP contribution in [0, 0.1) is 23.7 Å². The first-order valence-electron chi connectivity index (χ1n) is 7.95. The molecule has 0 aliphatic heterocycles. The van der Waals surface area contributed by atoms with Crippen LogP contribution in [-0.4, -0.2) is 44.1 Å². The number of amides is 2. The van der Waals surface area contributed by atoms with Crippen molar-refractivity contribution in [1.82, 2.24) is 20.6 Å². The fourth-order valence-corrected chi connectivity index (χ4v) is 2.10. The standard InChI is InChI=1S/C19H18N4O4/c1-13(24)17(19(26)22-27)21-18(25)15-9-7-14(8-10-15)5-3-4-6-16-11-12-20-23(16)2/h7-13,17,24,27H,1-2H3,(H,21,25)(H,22,26)/t13-,17+/m1/s1. The first-order valence-corrected chi connectivity index (χ1v) is 7.95. The van der Waals surface area contributed by atoms with E-state index in [1.807, 2.05) is 0 Å².